The zero-order valence-electron chi connectivity index (χ0n) is 11.2. The van der Waals surface area contributed by atoms with E-state index in [9.17, 15) is 4.79 Å². The number of hydrogen-bond donors (Lipinski definition) is 0. The van der Waals surface area contributed by atoms with Gasteiger partial charge in [0.15, 0.2) is 5.78 Å². The third kappa shape index (κ3) is 2.91. The Morgan fingerprint density at radius 3 is 2.28 bits per heavy atom. The van der Waals surface area contributed by atoms with Gasteiger partial charge >= 0.3 is 0 Å². The van der Waals surface area contributed by atoms with Crippen molar-refractivity contribution >= 4 is 5.78 Å². The molecule has 0 amide bonds. The van der Waals surface area contributed by atoms with Gasteiger partial charge in [-0.05, 0) is 50.6 Å². The third-order valence-corrected chi connectivity index (χ3v) is 3.57. The van der Waals surface area contributed by atoms with Gasteiger partial charge in [-0.25, -0.2) is 0 Å². The van der Waals surface area contributed by atoms with Gasteiger partial charge in [0.25, 0.3) is 0 Å². The summed E-state index contributed by atoms with van der Waals surface area (Å²) in [4.78, 5) is 14.2. The van der Waals surface area contributed by atoms with E-state index in [2.05, 4.69) is 4.90 Å². The smallest absolute Gasteiger partial charge is 0.151 e. The Morgan fingerprint density at radius 2 is 1.78 bits per heavy atom. The summed E-state index contributed by atoms with van der Waals surface area (Å²) in [6, 6.07) is 7.76. The number of nitrogens with zero attached hydrogens (tertiary/aromatic N) is 1. The lowest BCUT2D eigenvalue weighted by atomic mass is 9.99. The first-order valence-corrected chi connectivity index (χ1v) is 6.61. The minimum atomic E-state index is -0.0868. The molecule has 0 radical (unpaired) electrons. The summed E-state index contributed by atoms with van der Waals surface area (Å²) in [5.74, 6) is 1.06. The highest BCUT2D eigenvalue weighted by Crippen LogP contribution is 2.26. The van der Waals surface area contributed by atoms with E-state index >= 15 is 0 Å². The molecule has 0 bridgehead atoms. The molecule has 1 aromatic rings. The number of rotatable bonds is 4. The Labute approximate surface area is 109 Å². The van der Waals surface area contributed by atoms with Crippen molar-refractivity contribution in [3.8, 4) is 5.75 Å². The fourth-order valence-corrected chi connectivity index (χ4v) is 2.67. The minimum Gasteiger partial charge on any atom is -0.497 e. The van der Waals surface area contributed by atoms with Crippen molar-refractivity contribution in [2.45, 2.75) is 32.2 Å². The van der Waals surface area contributed by atoms with Crippen LogP contribution in [0.15, 0.2) is 24.3 Å². The number of methoxy groups -OCH3 is 1. The predicted octanol–water partition coefficient (Wildman–Crippen LogP) is 2.81. The number of benzene rings is 1. The first-order chi connectivity index (χ1) is 8.72. The Balaban J connectivity index is 2.20. The van der Waals surface area contributed by atoms with Crippen LogP contribution in [-0.4, -0.2) is 30.9 Å². The number of carbonyl (C=O) groups excluding carboxylic acids is 1. The summed E-state index contributed by atoms with van der Waals surface area (Å²) in [5, 5.41) is 0. The first-order valence-electron chi connectivity index (χ1n) is 6.61. The lowest BCUT2D eigenvalue weighted by Crippen LogP contribution is -2.37. The summed E-state index contributed by atoms with van der Waals surface area (Å²) in [6.07, 6.45) is 3.67. The number of carbonyl (C=O) groups is 1. The van der Waals surface area contributed by atoms with E-state index in [0.29, 0.717) is 0 Å². The predicted molar refractivity (Wildman–Crippen MR) is 71.8 cm³/mol. The summed E-state index contributed by atoms with van der Waals surface area (Å²) in [7, 11) is 1.65. The van der Waals surface area contributed by atoms with E-state index in [0.717, 1.165) is 24.4 Å². The average molecular weight is 247 g/mol. The van der Waals surface area contributed by atoms with E-state index in [1.165, 1.54) is 19.3 Å². The normalized spacial score (nSPS) is 18.3. The molecule has 18 heavy (non-hydrogen) atoms. The molecule has 0 aromatic heterocycles. The maximum Gasteiger partial charge on any atom is 0.151 e. The van der Waals surface area contributed by atoms with Crippen LogP contribution in [-0.2, 0) is 4.79 Å². The van der Waals surface area contributed by atoms with Gasteiger partial charge in [-0.1, -0.05) is 18.6 Å². The van der Waals surface area contributed by atoms with E-state index in [1.54, 1.807) is 14.0 Å². The summed E-state index contributed by atoms with van der Waals surface area (Å²) in [5.41, 5.74) is 1.07. The third-order valence-electron chi connectivity index (χ3n) is 3.57. The zero-order valence-corrected chi connectivity index (χ0v) is 11.2. The second-order valence-electron chi connectivity index (χ2n) is 4.88. The first kappa shape index (κ1) is 13.1. The number of hydrogen-bond acceptors (Lipinski definition) is 3. The monoisotopic (exact) mass is 247 g/mol. The second kappa shape index (κ2) is 6.01. The molecule has 98 valence electrons. The van der Waals surface area contributed by atoms with Crippen LogP contribution in [0.3, 0.4) is 0 Å². The quantitative estimate of drug-likeness (QED) is 0.819. The molecule has 2 rings (SSSR count). The van der Waals surface area contributed by atoms with Gasteiger partial charge < -0.3 is 4.74 Å². The molecule has 0 N–H and O–H groups in total. The molecule has 0 aliphatic carbocycles. The van der Waals surface area contributed by atoms with Gasteiger partial charge in [0.05, 0.1) is 13.2 Å². The number of piperidine rings is 1. The maximum absolute atomic E-state index is 11.9. The number of ketones is 1. The molecule has 1 aliphatic rings. The Morgan fingerprint density at radius 1 is 1.17 bits per heavy atom. The molecular formula is C15H21NO2. The Kier molecular flexibility index (Phi) is 4.37. The van der Waals surface area contributed by atoms with Gasteiger partial charge in [-0.3, -0.25) is 9.69 Å². The Bertz CT molecular complexity index is 393. The summed E-state index contributed by atoms with van der Waals surface area (Å²) < 4.78 is 5.16. The second-order valence-corrected chi connectivity index (χ2v) is 4.88. The molecule has 1 unspecified atom stereocenters. The molecule has 3 heteroatoms. The molecule has 1 heterocycles. The lowest BCUT2D eigenvalue weighted by molar-refractivity contribution is -0.122. The van der Waals surface area contributed by atoms with Gasteiger partial charge in [0.2, 0.25) is 0 Å². The van der Waals surface area contributed by atoms with Crippen molar-refractivity contribution in [2.75, 3.05) is 20.2 Å². The fourth-order valence-electron chi connectivity index (χ4n) is 2.67. The van der Waals surface area contributed by atoms with E-state index in [4.69, 9.17) is 4.74 Å². The van der Waals surface area contributed by atoms with Crippen LogP contribution in [0.4, 0.5) is 0 Å². The lowest BCUT2D eigenvalue weighted by Gasteiger charge is -2.33. The highest BCUT2D eigenvalue weighted by atomic mass is 16.5. The van der Waals surface area contributed by atoms with E-state index in [-0.39, 0.29) is 11.8 Å². The highest BCUT2D eigenvalue weighted by Gasteiger charge is 2.25. The van der Waals surface area contributed by atoms with E-state index in [1.807, 2.05) is 24.3 Å². The van der Waals surface area contributed by atoms with Gasteiger partial charge in [-0.15, -0.1) is 0 Å². The van der Waals surface area contributed by atoms with Crippen LogP contribution in [0.2, 0.25) is 0 Å². The molecule has 0 saturated carbocycles. The molecule has 1 atom stereocenters. The highest BCUT2D eigenvalue weighted by molar-refractivity contribution is 5.83. The van der Waals surface area contributed by atoms with Crippen molar-refractivity contribution in [1.29, 1.82) is 0 Å². The Hall–Kier alpha value is -1.35. The van der Waals surface area contributed by atoms with Crippen LogP contribution in [0.25, 0.3) is 0 Å². The summed E-state index contributed by atoms with van der Waals surface area (Å²) >= 11 is 0. The summed E-state index contributed by atoms with van der Waals surface area (Å²) in [6.45, 7) is 3.73. The number of ether oxygens (including phenoxy) is 1. The standard InChI is InChI=1S/C15H21NO2/c1-12(17)15(16-10-4-3-5-11-16)13-6-8-14(18-2)9-7-13/h6-9,15H,3-5,10-11H2,1-2H3. The van der Waals surface area contributed by atoms with Crippen LogP contribution in [0.5, 0.6) is 5.75 Å². The number of Topliss-reactive ketones (excluding diaryl/α,β-unsaturated/α-hetero) is 1. The molecule has 1 saturated heterocycles. The molecular weight excluding hydrogens is 226 g/mol. The van der Waals surface area contributed by atoms with E-state index < -0.39 is 0 Å². The maximum atomic E-state index is 11.9. The van der Waals surface area contributed by atoms with Crippen LogP contribution >= 0.6 is 0 Å². The van der Waals surface area contributed by atoms with Gasteiger partial charge in [0.1, 0.15) is 5.75 Å². The molecule has 3 nitrogen and oxygen atoms in total. The van der Waals surface area contributed by atoms with Crippen molar-refractivity contribution in [1.82, 2.24) is 4.90 Å². The average Bonchev–Trinajstić information content (AvgIpc) is 2.40. The molecule has 1 fully saturated rings. The van der Waals surface area contributed by atoms with Gasteiger partial charge in [-0.2, -0.15) is 0 Å². The SMILES string of the molecule is COc1ccc(C(C(C)=O)N2CCCCC2)cc1. The topological polar surface area (TPSA) is 29.5 Å². The minimum absolute atomic E-state index is 0.0868. The van der Waals surface area contributed by atoms with Crippen molar-refractivity contribution < 1.29 is 9.53 Å². The molecule has 1 aromatic carbocycles. The fraction of sp³-hybridized carbons (Fsp3) is 0.533. The zero-order chi connectivity index (χ0) is 13.0. The molecule has 0 spiro atoms. The van der Waals surface area contributed by atoms with Crippen LogP contribution < -0.4 is 4.74 Å². The van der Waals surface area contributed by atoms with Crippen LogP contribution in [0.1, 0.15) is 37.8 Å². The molecule has 1 aliphatic heterocycles. The van der Waals surface area contributed by atoms with Crippen molar-refractivity contribution in [2.24, 2.45) is 0 Å². The number of likely N-dealkylation sites (tertiary alicyclic amines) is 1. The van der Waals surface area contributed by atoms with Crippen molar-refractivity contribution in [3.63, 3.8) is 0 Å². The van der Waals surface area contributed by atoms with Crippen LogP contribution in [0, 0.1) is 0 Å². The van der Waals surface area contributed by atoms with Gasteiger partial charge in [0, 0.05) is 0 Å². The van der Waals surface area contributed by atoms with Crippen molar-refractivity contribution in [3.05, 3.63) is 29.8 Å². The largest absolute Gasteiger partial charge is 0.497 e.